The zero-order valence-corrected chi connectivity index (χ0v) is 14.3. The van der Waals surface area contributed by atoms with Gasteiger partial charge in [0.1, 0.15) is 0 Å². The van der Waals surface area contributed by atoms with Gasteiger partial charge in [-0.25, -0.2) is 4.98 Å². The minimum absolute atomic E-state index is 0.480. The van der Waals surface area contributed by atoms with Crippen molar-refractivity contribution in [1.82, 2.24) is 14.9 Å². The smallest absolute Gasteiger partial charge is 0.0997 e. The van der Waals surface area contributed by atoms with Gasteiger partial charge in [0.15, 0.2) is 0 Å². The maximum atomic E-state index is 4.62. The van der Waals surface area contributed by atoms with E-state index in [0.29, 0.717) is 6.04 Å². The lowest BCUT2D eigenvalue weighted by molar-refractivity contribution is 0.586. The normalized spacial score (nSPS) is 14.5. The highest BCUT2D eigenvalue weighted by Gasteiger charge is 2.17. The summed E-state index contributed by atoms with van der Waals surface area (Å²) in [4.78, 5) is 4.62. The number of hydrogen-bond acceptors (Lipinski definition) is 2. The summed E-state index contributed by atoms with van der Waals surface area (Å²) in [6.07, 6.45) is 6.81. The van der Waals surface area contributed by atoms with Crippen LogP contribution in [0.5, 0.6) is 0 Å². The number of rotatable bonds is 4. The summed E-state index contributed by atoms with van der Waals surface area (Å²) in [5.74, 6) is 0. The van der Waals surface area contributed by atoms with Gasteiger partial charge < -0.3 is 9.88 Å². The molecule has 0 saturated heterocycles. The number of fused-ring (bicyclic) bond motifs is 1. The van der Waals surface area contributed by atoms with Gasteiger partial charge in [0.25, 0.3) is 0 Å². The topological polar surface area (TPSA) is 29.9 Å². The lowest BCUT2D eigenvalue weighted by Crippen LogP contribution is -2.23. The van der Waals surface area contributed by atoms with Gasteiger partial charge in [0.05, 0.1) is 17.7 Å². The van der Waals surface area contributed by atoms with E-state index in [1.807, 2.05) is 6.33 Å². The van der Waals surface area contributed by atoms with Crippen LogP contribution in [0.4, 0.5) is 0 Å². The van der Waals surface area contributed by atoms with Crippen molar-refractivity contribution in [1.29, 1.82) is 0 Å². The number of benzene rings is 1. The lowest BCUT2D eigenvalue weighted by Gasteiger charge is -2.18. The van der Waals surface area contributed by atoms with E-state index in [1.165, 1.54) is 35.5 Å². The van der Waals surface area contributed by atoms with Crippen molar-refractivity contribution in [2.24, 2.45) is 0 Å². The molecular formula is C17H22BrN3. The zero-order valence-electron chi connectivity index (χ0n) is 12.7. The third-order valence-corrected chi connectivity index (χ3v) is 4.53. The SMILES string of the molecule is CC(C)NCc1cc(Br)ccc1-n1cnc2c1CCCC2. The Hall–Kier alpha value is -1.13. The van der Waals surface area contributed by atoms with Gasteiger partial charge >= 0.3 is 0 Å². The van der Waals surface area contributed by atoms with E-state index >= 15 is 0 Å². The molecule has 1 aliphatic carbocycles. The molecule has 0 saturated carbocycles. The van der Waals surface area contributed by atoms with E-state index in [1.54, 1.807) is 0 Å². The average Bonchev–Trinajstić information content (AvgIpc) is 2.89. The van der Waals surface area contributed by atoms with Crippen molar-refractivity contribution >= 4 is 15.9 Å². The number of halogens is 1. The Kier molecular flexibility index (Phi) is 4.45. The molecule has 112 valence electrons. The molecule has 4 heteroatoms. The van der Waals surface area contributed by atoms with Crippen molar-refractivity contribution in [3.05, 3.63) is 46.0 Å². The van der Waals surface area contributed by atoms with E-state index in [-0.39, 0.29) is 0 Å². The Balaban J connectivity index is 1.99. The molecule has 0 unspecified atom stereocenters. The fourth-order valence-electron chi connectivity index (χ4n) is 2.92. The van der Waals surface area contributed by atoms with Crippen LogP contribution in [0.15, 0.2) is 29.0 Å². The van der Waals surface area contributed by atoms with Gasteiger partial charge in [-0.15, -0.1) is 0 Å². The van der Waals surface area contributed by atoms with Crippen LogP contribution in [-0.4, -0.2) is 15.6 Å². The summed E-state index contributed by atoms with van der Waals surface area (Å²) in [6, 6.07) is 7.00. The molecule has 1 aromatic carbocycles. The molecule has 0 radical (unpaired) electrons. The number of imidazole rings is 1. The maximum Gasteiger partial charge on any atom is 0.0997 e. The van der Waals surface area contributed by atoms with Crippen LogP contribution in [0.2, 0.25) is 0 Å². The van der Waals surface area contributed by atoms with Crippen molar-refractivity contribution in [3.63, 3.8) is 0 Å². The fourth-order valence-corrected chi connectivity index (χ4v) is 3.33. The highest BCUT2D eigenvalue weighted by atomic mass is 79.9. The van der Waals surface area contributed by atoms with Crippen molar-refractivity contribution in [2.75, 3.05) is 0 Å². The second kappa shape index (κ2) is 6.32. The van der Waals surface area contributed by atoms with E-state index in [2.05, 4.69) is 62.8 Å². The summed E-state index contributed by atoms with van der Waals surface area (Å²) in [6.45, 7) is 5.23. The van der Waals surface area contributed by atoms with Gasteiger partial charge in [0.2, 0.25) is 0 Å². The van der Waals surface area contributed by atoms with Crippen LogP contribution in [0.25, 0.3) is 5.69 Å². The third kappa shape index (κ3) is 3.22. The first-order chi connectivity index (χ1) is 10.1. The predicted molar refractivity (Wildman–Crippen MR) is 89.9 cm³/mol. The molecule has 0 aliphatic heterocycles. The first-order valence-electron chi connectivity index (χ1n) is 7.72. The van der Waals surface area contributed by atoms with Crippen molar-refractivity contribution < 1.29 is 0 Å². The number of aromatic nitrogens is 2. The quantitative estimate of drug-likeness (QED) is 0.905. The minimum Gasteiger partial charge on any atom is -0.310 e. The molecule has 3 nitrogen and oxygen atoms in total. The molecule has 0 fully saturated rings. The molecule has 2 aromatic rings. The van der Waals surface area contributed by atoms with Gasteiger partial charge in [-0.05, 0) is 49.4 Å². The van der Waals surface area contributed by atoms with Crippen LogP contribution in [0.1, 0.15) is 43.6 Å². The van der Waals surface area contributed by atoms with E-state index in [9.17, 15) is 0 Å². The van der Waals surface area contributed by atoms with Crippen LogP contribution >= 0.6 is 15.9 Å². The standard InChI is InChI=1S/C17H22BrN3/c1-12(2)19-10-13-9-14(18)7-8-16(13)21-11-20-15-5-3-4-6-17(15)21/h7-9,11-12,19H,3-6,10H2,1-2H3. The zero-order chi connectivity index (χ0) is 14.8. The first kappa shape index (κ1) is 14.8. The molecule has 1 aliphatic rings. The lowest BCUT2D eigenvalue weighted by atomic mass is 10.0. The highest BCUT2D eigenvalue weighted by molar-refractivity contribution is 9.10. The van der Waals surface area contributed by atoms with Gasteiger partial charge in [-0.1, -0.05) is 29.8 Å². The monoisotopic (exact) mass is 347 g/mol. The second-order valence-corrected chi connectivity index (χ2v) is 6.94. The number of hydrogen-bond donors (Lipinski definition) is 1. The van der Waals surface area contributed by atoms with Gasteiger partial charge in [-0.2, -0.15) is 0 Å². The summed E-state index contributed by atoms with van der Waals surface area (Å²) >= 11 is 3.59. The van der Waals surface area contributed by atoms with Crippen molar-refractivity contribution in [2.45, 2.75) is 52.1 Å². The highest BCUT2D eigenvalue weighted by Crippen LogP contribution is 2.26. The summed E-state index contributed by atoms with van der Waals surface area (Å²) < 4.78 is 3.42. The molecule has 1 aromatic heterocycles. The van der Waals surface area contributed by atoms with E-state index in [0.717, 1.165) is 23.9 Å². The molecule has 0 bridgehead atoms. The molecule has 0 amide bonds. The predicted octanol–water partition coefficient (Wildman–Crippen LogP) is 4.01. The number of nitrogens with zero attached hydrogens (tertiary/aromatic N) is 2. The molecule has 1 N–H and O–H groups in total. The van der Waals surface area contributed by atoms with Crippen LogP contribution < -0.4 is 5.32 Å². The summed E-state index contributed by atoms with van der Waals surface area (Å²) in [5, 5.41) is 3.52. The summed E-state index contributed by atoms with van der Waals surface area (Å²) in [7, 11) is 0. The molecular weight excluding hydrogens is 326 g/mol. The number of nitrogens with one attached hydrogen (secondary N) is 1. The van der Waals surface area contributed by atoms with E-state index in [4.69, 9.17) is 0 Å². The average molecular weight is 348 g/mol. The van der Waals surface area contributed by atoms with Crippen molar-refractivity contribution in [3.8, 4) is 5.69 Å². The van der Waals surface area contributed by atoms with Crippen LogP contribution in [0, 0.1) is 0 Å². The van der Waals surface area contributed by atoms with Crippen LogP contribution in [-0.2, 0) is 19.4 Å². The number of aryl methyl sites for hydroxylation is 1. The Labute approximate surface area is 134 Å². The minimum atomic E-state index is 0.480. The van der Waals surface area contributed by atoms with Gasteiger partial charge in [0, 0.05) is 22.8 Å². The Morgan fingerprint density at radius 2 is 2.10 bits per heavy atom. The Morgan fingerprint density at radius 3 is 2.90 bits per heavy atom. The van der Waals surface area contributed by atoms with Gasteiger partial charge in [-0.3, -0.25) is 0 Å². The Bertz CT molecular complexity index is 631. The summed E-state index contributed by atoms with van der Waals surface area (Å²) in [5.41, 5.74) is 5.24. The maximum absolute atomic E-state index is 4.62. The molecule has 0 spiro atoms. The second-order valence-electron chi connectivity index (χ2n) is 6.02. The molecule has 0 atom stereocenters. The van der Waals surface area contributed by atoms with E-state index < -0.39 is 0 Å². The first-order valence-corrected chi connectivity index (χ1v) is 8.51. The van der Waals surface area contributed by atoms with Crippen LogP contribution in [0.3, 0.4) is 0 Å². The third-order valence-electron chi connectivity index (χ3n) is 4.03. The molecule has 21 heavy (non-hydrogen) atoms. The molecule has 1 heterocycles. The molecule has 3 rings (SSSR count). The fraction of sp³-hybridized carbons (Fsp3) is 0.471. The largest absolute Gasteiger partial charge is 0.310 e. The Morgan fingerprint density at radius 1 is 1.29 bits per heavy atom.